The molecule has 3 nitrogen and oxygen atoms in total. The highest BCUT2D eigenvalue weighted by atomic mass is 79.9. The lowest BCUT2D eigenvalue weighted by Gasteiger charge is -2.11. The second-order valence-corrected chi connectivity index (χ2v) is 5.64. The van der Waals surface area contributed by atoms with Crippen LogP contribution in [0.25, 0.3) is 0 Å². The molecule has 1 aromatic carbocycles. The third-order valence-corrected chi connectivity index (χ3v) is 3.80. The number of imidazole rings is 1. The Morgan fingerprint density at radius 2 is 1.88 bits per heavy atom. The van der Waals surface area contributed by atoms with Crippen molar-refractivity contribution in [2.75, 3.05) is 5.32 Å². The monoisotopic (exact) mass is 357 g/mol. The van der Waals surface area contributed by atoms with E-state index in [-0.39, 0.29) is 0 Å². The van der Waals surface area contributed by atoms with Crippen molar-refractivity contribution in [2.24, 2.45) is 0 Å². The van der Waals surface area contributed by atoms with Gasteiger partial charge in [0.25, 0.3) is 0 Å². The summed E-state index contributed by atoms with van der Waals surface area (Å²) in [6.45, 7) is 4.79. The lowest BCUT2D eigenvalue weighted by atomic mass is 10.2. The highest BCUT2D eigenvalue weighted by Crippen LogP contribution is 2.32. The van der Waals surface area contributed by atoms with E-state index in [9.17, 15) is 0 Å². The van der Waals surface area contributed by atoms with Crippen LogP contribution < -0.4 is 5.32 Å². The molecule has 17 heavy (non-hydrogen) atoms. The molecule has 5 heteroatoms. The van der Waals surface area contributed by atoms with E-state index in [0.717, 1.165) is 26.0 Å². The fourth-order valence-corrected chi connectivity index (χ4v) is 3.30. The SMILES string of the molecule is Cc1cc(Br)c(NCc2nc[nH]c2C)c(Br)c1. The first-order valence-corrected chi connectivity index (χ1v) is 6.85. The van der Waals surface area contributed by atoms with Gasteiger partial charge in [0.05, 0.1) is 24.3 Å². The average molecular weight is 359 g/mol. The molecule has 0 fully saturated rings. The van der Waals surface area contributed by atoms with Crippen LogP contribution in [-0.2, 0) is 6.54 Å². The Hall–Kier alpha value is -0.810. The van der Waals surface area contributed by atoms with Crippen LogP contribution >= 0.6 is 31.9 Å². The molecule has 0 aliphatic carbocycles. The second kappa shape index (κ2) is 5.23. The minimum absolute atomic E-state index is 0.704. The van der Waals surface area contributed by atoms with E-state index < -0.39 is 0 Å². The van der Waals surface area contributed by atoms with Gasteiger partial charge in [0, 0.05) is 14.6 Å². The van der Waals surface area contributed by atoms with Gasteiger partial charge in [-0.1, -0.05) is 0 Å². The Morgan fingerprint density at radius 1 is 1.24 bits per heavy atom. The maximum atomic E-state index is 4.26. The quantitative estimate of drug-likeness (QED) is 0.864. The normalized spacial score (nSPS) is 10.6. The molecule has 0 spiro atoms. The standard InChI is InChI=1S/C12H13Br2N3/c1-7-3-9(13)12(10(14)4-7)15-5-11-8(2)16-6-17-11/h3-4,6,15H,5H2,1-2H3,(H,16,17). The molecule has 0 saturated carbocycles. The van der Waals surface area contributed by atoms with Crippen molar-refractivity contribution in [2.45, 2.75) is 20.4 Å². The van der Waals surface area contributed by atoms with Crippen LogP contribution in [0.4, 0.5) is 5.69 Å². The Balaban J connectivity index is 2.17. The number of H-pyrrole nitrogens is 1. The number of aromatic amines is 1. The van der Waals surface area contributed by atoms with Crippen molar-refractivity contribution in [3.8, 4) is 0 Å². The fraction of sp³-hybridized carbons (Fsp3) is 0.250. The second-order valence-electron chi connectivity index (χ2n) is 3.93. The van der Waals surface area contributed by atoms with E-state index >= 15 is 0 Å². The first kappa shape index (κ1) is 12.6. The van der Waals surface area contributed by atoms with Crippen molar-refractivity contribution in [1.29, 1.82) is 0 Å². The minimum Gasteiger partial charge on any atom is -0.377 e. The topological polar surface area (TPSA) is 40.7 Å². The van der Waals surface area contributed by atoms with Gasteiger partial charge in [0.15, 0.2) is 0 Å². The Morgan fingerprint density at radius 3 is 2.41 bits per heavy atom. The minimum atomic E-state index is 0.704. The smallest absolute Gasteiger partial charge is 0.0925 e. The predicted molar refractivity (Wildman–Crippen MR) is 77.2 cm³/mol. The van der Waals surface area contributed by atoms with Gasteiger partial charge in [0.2, 0.25) is 0 Å². The van der Waals surface area contributed by atoms with Crippen LogP contribution in [0.2, 0.25) is 0 Å². The number of rotatable bonds is 3. The van der Waals surface area contributed by atoms with Crippen LogP contribution in [0.15, 0.2) is 27.4 Å². The van der Waals surface area contributed by atoms with Gasteiger partial charge in [-0.05, 0) is 63.4 Å². The van der Waals surface area contributed by atoms with Crippen molar-refractivity contribution < 1.29 is 0 Å². The van der Waals surface area contributed by atoms with E-state index in [1.807, 2.05) is 6.92 Å². The van der Waals surface area contributed by atoms with E-state index in [4.69, 9.17) is 0 Å². The zero-order valence-electron chi connectivity index (χ0n) is 9.64. The molecule has 90 valence electrons. The number of hydrogen-bond donors (Lipinski definition) is 2. The highest BCUT2D eigenvalue weighted by molar-refractivity contribution is 9.11. The van der Waals surface area contributed by atoms with Gasteiger partial charge in [-0.2, -0.15) is 0 Å². The summed E-state index contributed by atoms with van der Waals surface area (Å²) in [5.41, 5.74) is 4.39. The third-order valence-electron chi connectivity index (χ3n) is 2.55. The molecule has 0 amide bonds. The summed E-state index contributed by atoms with van der Waals surface area (Å²) >= 11 is 7.12. The number of aromatic nitrogens is 2. The van der Waals surface area contributed by atoms with Crippen LogP contribution in [0.1, 0.15) is 17.0 Å². The maximum absolute atomic E-state index is 4.26. The zero-order valence-corrected chi connectivity index (χ0v) is 12.8. The van der Waals surface area contributed by atoms with Crippen molar-refractivity contribution in [1.82, 2.24) is 9.97 Å². The summed E-state index contributed by atoms with van der Waals surface area (Å²) < 4.78 is 2.11. The number of benzene rings is 1. The van der Waals surface area contributed by atoms with Crippen LogP contribution in [0.5, 0.6) is 0 Å². The molecule has 0 unspecified atom stereocenters. The van der Waals surface area contributed by atoms with E-state index in [2.05, 4.69) is 66.2 Å². The maximum Gasteiger partial charge on any atom is 0.0925 e. The summed E-state index contributed by atoms with van der Waals surface area (Å²) in [6.07, 6.45) is 1.71. The number of halogens is 2. The predicted octanol–water partition coefficient (Wildman–Crippen LogP) is 4.16. The molecule has 1 aromatic heterocycles. The first-order valence-electron chi connectivity index (χ1n) is 5.26. The molecule has 0 radical (unpaired) electrons. The number of nitrogens with zero attached hydrogens (tertiary/aromatic N) is 1. The third kappa shape index (κ3) is 2.90. The van der Waals surface area contributed by atoms with Gasteiger partial charge < -0.3 is 10.3 Å². The number of hydrogen-bond acceptors (Lipinski definition) is 2. The average Bonchev–Trinajstić information content (AvgIpc) is 2.62. The number of anilines is 1. The van der Waals surface area contributed by atoms with Gasteiger partial charge in [0.1, 0.15) is 0 Å². The van der Waals surface area contributed by atoms with Crippen molar-refractivity contribution in [3.05, 3.63) is 44.4 Å². The molecule has 2 rings (SSSR count). The van der Waals surface area contributed by atoms with Gasteiger partial charge in [-0.15, -0.1) is 0 Å². The van der Waals surface area contributed by atoms with Gasteiger partial charge in [-0.3, -0.25) is 0 Å². The summed E-state index contributed by atoms with van der Waals surface area (Å²) in [7, 11) is 0. The fourth-order valence-electron chi connectivity index (χ4n) is 1.61. The molecule has 0 aliphatic heterocycles. The lowest BCUT2D eigenvalue weighted by molar-refractivity contribution is 1.05. The molecule has 2 aromatic rings. The van der Waals surface area contributed by atoms with E-state index in [1.54, 1.807) is 6.33 Å². The number of nitrogens with one attached hydrogen (secondary N) is 2. The van der Waals surface area contributed by atoms with Gasteiger partial charge >= 0.3 is 0 Å². The van der Waals surface area contributed by atoms with E-state index in [0.29, 0.717) is 6.54 Å². The molecular weight excluding hydrogens is 346 g/mol. The summed E-state index contributed by atoms with van der Waals surface area (Å²) in [5.74, 6) is 0. The van der Waals surface area contributed by atoms with Crippen LogP contribution in [-0.4, -0.2) is 9.97 Å². The van der Waals surface area contributed by atoms with Crippen LogP contribution in [0, 0.1) is 13.8 Å². The molecule has 0 aliphatic rings. The Labute approximate surface area is 117 Å². The van der Waals surface area contributed by atoms with Crippen molar-refractivity contribution >= 4 is 37.5 Å². The first-order chi connectivity index (χ1) is 8.08. The molecule has 2 N–H and O–H groups in total. The largest absolute Gasteiger partial charge is 0.377 e. The van der Waals surface area contributed by atoms with E-state index in [1.165, 1.54) is 5.56 Å². The summed E-state index contributed by atoms with van der Waals surface area (Å²) in [6, 6.07) is 4.18. The van der Waals surface area contributed by atoms with Crippen molar-refractivity contribution in [3.63, 3.8) is 0 Å². The Kier molecular flexibility index (Phi) is 3.89. The Bertz CT molecular complexity index is 511. The molecule has 0 saturated heterocycles. The van der Waals surface area contributed by atoms with Crippen LogP contribution in [0.3, 0.4) is 0 Å². The number of aryl methyl sites for hydroxylation is 2. The van der Waals surface area contributed by atoms with Gasteiger partial charge in [-0.25, -0.2) is 4.98 Å². The molecular formula is C12H13Br2N3. The lowest BCUT2D eigenvalue weighted by Crippen LogP contribution is -2.03. The highest BCUT2D eigenvalue weighted by Gasteiger charge is 2.07. The molecule has 0 atom stereocenters. The summed E-state index contributed by atoms with van der Waals surface area (Å²) in [5, 5.41) is 3.38. The molecule has 0 bridgehead atoms. The zero-order chi connectivity index (χ0) is 12.4. The summed E-state index contributed by atoms with van der Waals surface area (Å²) in [4.78, 5) is 7.33. The molecule has 1 heterocycles.